The number of pyridine rings is 1. The summed E-state index contributed by atoms with van der Waals surface area (Å²) in [5.41, 5.74) is 3.06. The maximum absolute atomic E-state index is 12.0. The molecule has 3 nitrogen and oxygen atoms in total. The van der Waals surface area contributed by atoms with Gasteiger partial charge in [-0.1, -0.05) is 42.8 Å². The maximum atomic E-state index is 12.0. The van der Waals surface area contributed by atoms with Crippen molar-refractivity contribution in [2.45, 2.75) is 26.7 Å². The number of hydrogen-bond acceptors (Lipinski definition) is 2. The van der Waals surface area contributed by atoms with Crippen LogP contribution in [0.15, 0.2) is 53.9 Å². The molecule has 0 N–H and O–H groups in total. The topological polar surface area (TPSA) is 39.3 Å². The molecule has 0 aliphatic carbocycles. The zero-order valence-corrected chi connectivity index (χ0v) is 11.3. The van der Waals surface area contributed by atoms with Gasteiger partial charge < -0.3 is 5.11 Å². The SMILES string of the molecule is CCc1ccc(/C([O-])=N/[n+]2ccc(CC)cc2)cc1. The molecule has 0 spiro atoms. The molecular formula is C16H18N2O. The molecule has 0 atom stereocenters. The van der Waals surface area contributed by atoms with Gasteiger partial charge in [-0.2, -0.15) is 0 Å². The van der Waals surface area contributed by atoms with E-state index in [1.807, 2.05) is 36.4 Å². The van der Waals surface area contributed by atoms with Crippen molar-refractivity contribution in [1.82, 2.24) is 0 Å². The number of nitrogens with zero attached hydrogens (tertiary/aromatic N) is 2. The molecule has 2 rings (SSSR count). The van der Waals surface area contributed by atoms with Gasteiger partial charge in [0.2, 0.25) is 12.4 Å². The Morgan fingerprint density at radius 3 is 2.00 bits per heavy atom. The second-order valence-corrected chi connectivity index (χ2v) is 4.40. The monoisotopic (exact) mass is 254 g/mol. The van der Waals surface area contributed by atoms with E-state index in [4.69, 9.17) is 0 Å². The lowest BCUT2D eigenvalue weighted by atomic mass is 10.1. The lowest BCUT2D eigenvalue weighted by molar-refractivity contribution is -0.681. The Morgan fingerprint density at radius 1 is 0.947 bits per heavy atom. The molecule has 2 aromatic rings. The van der Waals surface area contributed by atoms with E-state index < -0.39 is 0 Å². The smallest absolute Gasteiger partial charge is 0.202 e. The molecule has 0 saturated carbocycles. The van der Waals surface area contributed by atoms with Crippen molar-refractivity contribution in [3.05, 3.63) is 65.5 Å². The van der Waals surface area contributed by atoms with E-state index in [-0.39, 0.29) is 5.90 Å². The Balaban J connectivity index is 2.20. The predicted molar refractivity (Wildman–Crippen MR) is 73.8 cm³/mol. The summed E-state index contributed by atoms with van der Waals surface area (Å²) < 4.78 is 1.55. The minimum Gasteiger partial charge on any atom is -0.854 e. The highest BCUT2D eigenvalue weighted by molar-refractivity contribution is 5.90. The average molecular weight is 254 g/mol. The zero-order valence-electron chi connectivity index (χ0n) is 11.3. The van der Waals surface area contributed by atoms with E-state index in [1.165, 1.54) is 11.1 Å². The van der Waals surface area contributed by atoms with Crippen LogP contribution in [0.4, 0.5) is 0 Å². The summed E-state index contributed by atoms with van der Waals surface area (Å²) in [6.07, 6.45) is 5.56. The van der Waals surface area contributed by atoms with Crippen molar-refractivity contribution in [3.8, 4) is 0 Å². The van der Waals surface area contributed by atoms with E-state index in [1.54, 1.807) is 17.1 Å². The molecule has 0 unspecified atom stereocenters. The molecule has 19 heavy (non-hydrogen) atoms. The molecule has 98 valence electrons. The molecule has 1 aromatic carbocycles. The Morgan fingerprint density at radius 2 is 1.47 bits per heavy atom. The molecule has 3 heteroatoms. The lowest BCUT2D eigenvalue weighted by Crippen LogP contribution is -2.33. The molecule has 0 amide bonds. The molecule has 1 heterocycles. The molecule has 0 bridgehead atoms. The van der Waals surface area contributed by atoms with E-state index in [0.717, 1.165) is 12.8 Å². The van der Waals surface area contributed by atoms with Gasteiger partial charge in [0.15, 0.2) is 0 Å². The highest BCUT2D eigenvalue weighted by Gasteiger charge is 2.00. The van der Waals surface area contributed by atoms with Gasteiger partial charge in [0.05, 0.1) is 5.90 Å². The van der Waals surface area contributed by atoms with Gasteiger partial charge in [0, 0.05) is 12.1 Å². The van der Waals surface area contributed by atoms with Gasteiger partial charge in [0.1, 0.15) is 0 Å². The second kappa shape index (κ2) is 6.14. The maximum Gasteiger partial charge on any atom is 0.202 e. The van der Waals surface area contributed by atoms with Crippen molar-refractivity contribution in [3.63, 3.8) is 0 Å². The van der Waals surface area contributed by atoms with E-state index in [9.17, 15) is 5.11 Å². The molecule has 0 aliphatic heterocycles. The fourth-order valence-electron chi connectivity index (χ4n) is 1.80. The lowest BCUT2D eigenvalue weighted by Gasteiger charge is -2.07. The molecule has 0 aliphatic rings. The molecule has 0 fully saturated rings. The molecule has 0 radical (unpaired) electrons. The van der Waals surface area contributed by atoms with Gasteiger partial charge in [-0.25, -0.2) is 0 Å². The zero-order chi connectivity index (χ0) is 13.7. The first-order valence-electron chi connectivity index (χ1n) is 6.58. The van der Waals surface area contributed by atoms with Crippen LogP contribution >= 0.6 is 0 Å². The van der Waals surface area contributed by atoms with E-state index in [0.29, 0.717) is 5.56 Å². The third-order valence-electron chi connectivity index (χ3n) is 3.11. The van der Waals surface area contributed by atoms with Gasteiger partial charge in [-0.3, -0.25) is 0 Å². The first-order chi connectivity index (χ1) is 9.22. The fourth-order valence-corrected chi connectivity index (χ4v) is 1.80. The summed E-state index contributed by atoms with van der Waals surface area (Å²) in [5, 5.41) is 16.0. The third kappa shape index (κ3) is 3.41. The highest BCUT2D eigenvalue weighted by atomic mass is 16.3. The Labute approximate surface area is 113 Å². The van der Waals surface area contributed by atoms with Crippen LogP contribution in [0.2, 0.25) is 0 Å². The number of hydrogen-bond donors (Lipinski definition) is 0. The summed E-state index contributed by atoms with van der Waals surface area (Å²) in [4.78, 5) is 0. The largest absolute Gasteiger partial charge is 0.854 e. The van der Waals surface area contributed by atoms with Crippen LogP contribution in [0.1, 0.15) is 30.5 Å². The Hall–Kier alpha value is -2.16. The summed E-state index contributed by atoms with van der Waals surface area (Å²) in [6.45, 7) is 4.18. The minimum absolute atomic E-state index is 0.225. The van der Waals surface area contributed by atoms with E-state index >= 15 is 0 Å². The number of aryl methyl sites for hydroxylation is 2. The van der Waals surface area contributed by atoms with Crippen LogP contribution in [0.25, 0.3) is 0 Å². The number of aromatic nitrogens is 1. The minimum atomic E-state index is -0.225. The first kappa shape index (κ1) is 13.3. The van der Waals surface area contributed by atoms with Crippen molar-refractivity contribution in [1.29, 1.82) is 0 Å². The van der Waals surface area contributed by atoms with Crippen molar-refractivity contribution < 1.29 is 9.78 Å². The second-order valence-electron chi connectivity index (χ2n) is 4.40. The van der Waals surface area contributed by atoms with Crippen LogP contribution in [0.5, 0.6) is 0 Å². The summed E-state index contributed by atoms with van der Waals surface area (Å²) in [6, 6.07) is 11.5. The molecule has 0 saturated heterocycles. The fraction of sp³-hybridized carbons (Fsp3) is 0.250. The standard InChI is InChI=1S/C16H18N2O/c1-3-13-5-7-15(8-6-13)16(19)17-18-11-9-14(4-2)10-12-18/h5-12H,3-4H2,1-2H3. The normalized spacial score (nSPS) is 11.6. The van der Waals surface area contributed by atoms with Gasteiger partial charge in [-0.15, -0.1) is 0 Å². The van der Waals surface area contributed by atoms with Gasteiger partial charge >= 0.3 is 0 Å². The average Bonchev–Trinajstić information content (AvgIpc) is 2.48. The van der Waals surface area contributed by atoms with E-state index in [2.05, 4.69) is 18.9 Å². The predicted octanol–water partition coefficient (Wildman–Crippen LogP) is 1.67. The van der Waals surface area contributed by atoms with Crippen molar-refractivity contribution in [2.75, 3.05) is 0 Å². The van der Waals surface area contributed by atoms with Crippen LogP contribution < -0.4 is 9.78 Å². The quantitative estimate of drug-likeness (QED) is 0.465. The first-order valence-corrected chi connectivity index (χ1v) is 6.58. The molecular weight excluding hydrogens is 236 g/mol. The van der Waals surface area contributed by atoms with Gasteiger partial charge in [0.25, 0.3) is 0 Å². The Kier molecular flexibility index (Phi) is 4.29. The summed E-state index contributed by atoms with van der Waals surface area (Å²) in [5.74, 6) is -0.225. The van der Waals surface area contributed by atoms with Crippen molar-refractivity contribution in [2.24, 2.45) is 5.10 Å². The number of benzene rings is 1. The third-order valence-corrected chi connectivity index (χ3v) is 3.11. The highest BCUT2D eigenvalue weighted by Crippen LogP contribution is 2.04. The summed E-state index contributed by atoms with van der Waals surface area (Å²) >= 11 is 0. The van der Waals surface area contributed by atoms with Crippen LogP contribution in [0, 0.1) is 0 Å². The van der Waals surface area contributed by atoms with Crippen LogP contribution in [0.3, 0.4) is 0 Å². The van der Waals surface area contributed by atoms with Crippen LogP contribution in [-0.4, -0.2) is 5.90 Å². The molecule has 1 aromatic heterocycles. The van der Waals surface area contributed by atoms with Crippen molar-refractivity contribution >= 4 is 5.90 Å². The Bertz CT molecular complexity index is 556. The van der Waals surface area contributed by atoms with Crippen LogP contribution in [-0.2, 0) is 12.8 Å². The number of rotatable bonds is 4. The van der Waals surface area contributed by atoms with Gasteiger partial charge in [-0.05, 0) is 34.6 Å². The summed E-state index contributed by atoms with van der Waals surface area (Å²) in [7, 11) is 0.